The van der Waals surface area contributed by atoms with Crippen LogP contribution in [0, 0.1) is 18.6 Å². The van der Waals surface area contributed by atoms with E-state index in [0.717, 1.165) is 52.1 Å². The molecule has 0 N–H and O–H groups in total. The van der Waals surface area contributed by atoms with Crippen LogP contribution in [-0.4, -0.2) is 6.54 Å². The lowest BCUT2D eigenvalue weighted by Crippen LogP contribution is -2.35. The summed E-state index contributed by atoms with van der Waals surface area (Å²) >= 11 is 0. The van der Waals surface area contributed by atoms with Crippen molar-refractivity contribution in [2.45, 2.75) is 57.8 Å². The number of rotatable bonds is 10. The largest absolute Gasteiger partial charge is 0.344 e. The third-order valence-electron chi connectivity index (χ3n) is 9.88. The van der Waals surface area contributed by atoms with Crippen LogP contribution in [0.4, 0.5) is 14.5 Å². The van der Waals surface area contributed by atoms with E-state index in [9.17, 15) is 4.39 Å². The van der Waals surface area contributed by atoms with Crippen LogP contribution in [0.3, 0.4) is 0 Å². The standard InChI is InChI=1S/C44H43F2N/c1-6-27-47-40-21-13-12-20-38(40)43(4,5)41(47)22-14-15-32(3)44(29-33-16-8-7-9-17-33,30-35-25-26-36(45)28-39(35)46)42-31(2)23-24-34-18-10-11-19-37(34)42/h7-26,28H,3,6,27,29-30H2,1-2,4-5H3/b15-14+,41-22+. The Bertz CT molecular complexity index is 1980. The predicted octanol–water partition coefficient (Wildman–Crippen LogP) is 11.4. The van der Waals surface area contributed by atoms with Gasteiger partial charge >= 0.3 is 0 Å². The molecule has 1 aliphatic rings. The second-order valence-electron chi connectivity index (χ2n) is 13.4. The summed E-state index contributed by atoms with van der Waals surface area (Å²) in [6.45, 7) is 14.6. The van der Waals surface area contributed by atoms with E-state index in [-0.39, 0.29) is 5.41 Å². The second-order valence-corrected chi connectivity index (χ2v) is 13.4. The lowest BCUT2D eigenvalue weighted by Gasteiger charge is -2.38. The van der Waals surface area contributed by atoms with Crippen molar-refractivity contribution in [3.05, 3.63) is 185 Å². The molecule has 0 bridgehead atoms. The van der Waals surface area contributed by atoms with Gasteiger partial charge in [-0.2, -0.15) is 0 Å². The van der Waals surface area contributed by atoms with Crippen molar-refractivity contribution in [1.29, 1.82) is 0 Å². The summed E-state index contributed by atoms with van der Waals surface area (Å²) in [6, 6.07) is 35.6. The quantitative estimate of drug-likeness (QED) is 0.140. The van der Waals surface area contributed by atoms with Crippen LogP contribution in [0.25, 0.3) is 10.8 Å². The van der Waals surface area contributed by atoms with E-state index in [1.165, 1.54) is 23.0 Å². The van der Waals surface area contributed by atoms with E-state index >= 15 is 4.39 Å². The molecule has 1 atom stereocenters. The zero-order chi connectivity index (χ0) is 33.2. The van der Waals surface area contributed by atoms with Gasteiger partial charge < -0.3 is 4.90 Å². The van der Waals surface area contributed by atoms with Crippen molar-refractivity contribution >= 4 is 16.5 Å². The molecular weight excluding hydrogens is 580 g/mol. The van der Waals surface area contributed by atoms with Gasteiger partial charge in [0.15, 0.2) is 0 Å². The summed E-state index contributed by atoms with van der Waals surface area (Å²) in [5.41, 5.74) is 7.60. The molecule has 3 heteroatoms. The number of aryl methyl sites for hydroxylation is 1. The van der Waals surface area contributed by atoms with Crippen molar-refractivity contribution in [3.8, 4) is 0 Å². The SMILES string of the molecule is C=C(/C=C/C=C1/N(CCC)c2ccccc2C1(C)C)C(Cc1ccccc1)(Cc1ccc(F)cc1F)c1c(C)ccc2ccccc12. The first-order valence-electron chi connectivity index (χ1n) is 16.6. The first kappa shape index (κ1) is 32.2. The van der Waals surface area contributed by atoms with E-state index < -0.39 is 17.0 Å². The monoisotopic (exact) mass is 623 g/mol. The van der Waals surface area contributed by atoms with Gasteiger partial charge in [-0.05, 0) is 88.6 Å². The molecule has 0 saturated heterocycles. The lowest BCUT2D eigenvalue weighted by atomic mass is 9.64. The maximum atomic E-state index is 15.6. The van der Waals surface area contributed by atoms with Crippen LogP contribution < -0.4 is 4.90 Å². The van der Waals surface area contributed by atoms with Crippen molar-refractivity contribution in [2.75, 3.05) is 11.4 Å². The Morgan fingerprint density at radius 2 is 1.57 bits per heavy atom. The van der Waals surface area contributed by atoms with Crippen LogP contribution >= 0.6 is 0 Å². The van der Waals surface area contributed by atoms with Gasteiger partial charge in [-0.3, -0.25) is 0 Å². The predicted molar refractivity (Wildman–Crippen MR) is 194 cm³/mol. The molecule has 0 radical (unpaired) electrons. The number of benzene rings is 5. The van der Waals surface area contributed by atoms with Gasteiger partial charge in [0.1, 0.15) is 11.6 Å². The van der Waals surface area contributed by atoms with E-state index in [2.05, 4.69) is 118 Å². The summed E-state index contributed by atoms with van der Waals surface area (Å²) in [4.78, 5) is 2.43. The first-order chi connectivity index (χ1) is 22.7. The molecule has 1 aliphatic heterocycles. The highest BCUT2D eigenvalue weighted by Crippen LogP contribution is 2.48. The minimum Gasteiger partial charge on any atom is -0.344 e. The maximum Gasteiger partial charge on any atom is 0.129 e. The summed E-state index contributed by atoms with van der Waals surface area (Å²) in [7, 11) is 0. The third-order valence-corrected chi connectivity index (χ3v) is 9.88. The smallest absolute Gasteiger partial charge is 0.129 e. The van der Waals surface area contributed by atoms with Gasteiger partial charge in [0.25, 0.3) is 0 Å². The molecule has 0 spiro atoms. The van der Waals surface area contributed by atoms with E-state index in [0.29, 0.717) is 18.4 Å². The van der Waals surface area contributed by atoms with Crippen LogP contribution in [-0.2, 0) is 23.7 Å². The highest BCUT2D eigenvalue weighted by atomic mass is 19.1. The summed E-state index contributed by atoms with van der Waals surface area (Å²) in [6.07, 6.45) is 8.40. The van der Waals surface area contributed by atoms with Gasteiger partial charge in [-0.25, -0.2) is 8.78 Å². The van der Waals surface area contributed by atoms with Gasteiger partial charge in [-0.15, -0.1) is 0 Å². The fourth-order valence-electron chi connectivity index (χ4n) is 7.60. The third kappa shape index (κ3) is 6.07. The topological polar surface area (TPSA) is 3.24 Å². The molecule has 1 unspecified atom stereocenters. The molecule has 0 saturated carbocycles. The Labute approximate surface area is 278 Å². The van der Waals surface area contributed by atoms with E-state index in [1.807, 2.05) is 24.3 Å². The average Bonchev–Trinajstić information content (AvgIpc) is 3.28. The minimum atomic E-state index is -0.739. The number of para-hydroxylation sites is 1. The summed E-state index contributed by atoms with van der Waals surface area (Å²) in [5, 5.41) is 2.23. The molecule has 238 valence electrons. The zero-order valence-corrected chi connectivity index (χ0v) is 27.9. The number of anilines is 1. The highest BCUT2D eigenvalue weighted by molar-refractivity contribution is 5.88. The summed E-state index contributed by atoms with van der Waals surface area (Å²) in [5.74, 6) is -1.12. The van der Waals surface area contributed by atoms with Crippen LogP contribution in [0.2, 0.25) is 0 Å². The van der Waals surface area contributed by atoms with Crippen molar-refractivity contribution in [1.82, 2.24) is 0 Å². The number of nitrogens with zero attached hydrogens (tertiary/aromatic N) is 1. The molecule has 0 amide bonds. The van der Waals surface area contributed by atoms with E-state index in [1.54, 1.807) is 6.07 Å². The molecule has 0 aromatic heterocycles. The molecule has 1 heterocycles. The van der Waals surface area contributed by atoms with Crippen LogP contribution in [0.1, 0.15) is 55.0 Å². The first-order valence-corrected chi connectivity index (χ1v) is 16.6. The fourth-order valence-corrected chi connectivity index (χ4v) is 7.60. The Kier molecular flexibility index (Phi) is 9.01. The number of fused-ring (bicyclic) bond motifs is 2. The number of halogens is 2. The molecule has 6 rings (SSSR count). The number of allylic oxidation sites excluding steroid dienone is 5. The second kappa shape index (κ2) is 13.2. The maximum absolute atomic E-state index is 15.6. The lowest BCUT2D eigenvalue weighted by molar-refractivity contribution is 0.487. The van der Waals surface area contributed by atoms with Crippen molar-refractivity contribution in [2.24, 2.45) is 0 Å². The molecule has 5 aromatic rings. The Hall–Kier alpha value is -4.76. The van der Waals surface area contributed by atoms with Crippen LogP contribution in [0.15, 0.2) is 145 Å². The molecular formula is C44H43F2N. The molecule has 5 aromatic carbocycles. The van der Waals surface area contributed by atoms with Crippen molar-refractivity contribution < 1.29 is 8.78 Å². The molecule has 47 heavy (non-hydrogen) atoms. The molecule has 1 nitrogen and oxygen atoms in total. The normalized spacial score (nSPS) is 16.1. The fraction of sp³-hybridized carbons (Fsp3) is 0.227. The average molecular weight is 624 g/mol. The Morgan fingerprint density at radius 3 is 2.34 bits per heavy atom. The van der Waals surface area contributed by atoms with Crippen molar-refractivity contribution in [3.63, 3.8) is 0 Å². The highest BCUT2D eigenvalue weighted by Gasteiger charge is 2.40. The number of hydrogen-bond donors (Lipinski definition) is 0. The van der Waals surface area contributed by atoms with Crippen LogP contribution in [0.5, 0.6) is 0 Å². The molecule has 0 fully saturated rings. The Balaban J connectivity index is 1.54. The van der Waals surface area contributed by atoms with Gasteiger partial charge in [0, 0.05) is 34.8 Å². The zero-order valence-electron chi connectivity index (χ0n) is 27.9. The minimum absolute atomic E-state index is 0.165. The van der Waals surface area contributed by atoms with Gasteiger partial charge in [0.2, 0.25) is 0 Å². The summed E-state index contributed by atoms with van der Waals surface area (Å²) < 4.78 is 29.8. The van der Waals surface area contributed by atoms with Gasteiger partial charge in [-0.1, -0.05) is 130 Å². The Morgan fingerprint density at radius 1 is 0.851 bits per heavy atom. The van der Waals surface area contributed by atoms with Gasteiger partial charge in [0.05, 0.1) is 0 Å². The number of hydrogen-bond acceptors (Lipinski definition) is 1. The molecule has 0 aliphatic carbocycles. The van der Waals surface area contributed by atoms with E-state index in [4.69, 9.17) is 6.58 Å².